The normalized spacial score (nSPS) is 10.3. The van der Waals surface area contributed by atoms with Crippen LogP contribution in [0.3, 0.4) is 0 Å². The Morgan fingerprint density at radius 3 is 1.57 bits per heavy atom. The molecule has 0 aliphatic rings. The van der Waals surface area contributed by atoms with E-state index in [1.165, 1.54) is 0 Å². The van der Waals surface area contributed by atoms with Gasteiger partial charge in [0, 0.05) is 20.9 Å². The average molecular weight is 316 g/mol. The Labute approximate surface area is 133 Å². The van der Waals surface area contributed by atoms with Crippen LogP contribution in [0.25, 0.3) is 0 Å². The zero-order valence-electron chi connectivity index (χ0n) is 11.5. The molecule has 0 bridgehead atoms. The topological polar surface area (TPSA) is 34.1 Å². The van der Waals surface area contributed by atoms with Crippen molar-refractivity contribution in [1.82, 2.24) is 0 Å². The van der Waals surface area contributed by atoms with Gasteiger partial charge in [0.05, 0.1) is 0 Å². The van der Waals surface area contributed by atoms with Gasteiger partial charge in [-0.1, -0.05) is 36.4 Å². The lowest BCUT2D eigenvalue weighted by molar-refractivity contribution is 0.111. The molecule has 0 spiro atoms. The van der Waals surface area contributed by atoms with E-state index in [-0.39, 0.29) is 0 Å². The van der Waals surface area contributed by atoms with Crippen LogP contribution in [-0.4, -0.2) is 24.1 Å². The number of carbonyl (C=O) groups is 2. The molecule has 0 heterocycles. The standard InChI is InChI=1S/C17H16O2S2/c18-12-14-6-1-3-8-16(14)20-10-5-11-21-17-9-4-2-7-15(17)13-19/h1-4,6-9,12-13H,5,10-11H2. The van der Waals surface area contributed by atoms with Crippen molar-refractivity contribution in [3.8, 4) is 0 Å². The van der Waals surface area contributed by atoms with E-state index < -0.39 is 0 Å². The van der Waals surface area contributed by atoms with Crippen molar-refractivity contribution in [2.24, 2.45) is 0 Å². The maximum absolute atomic E-state index is 10.9. The first-order chi connectivity index (χ1) is 10.3. The highest BCUT2D eigenvalue weighted by Crippen LogP contribution is 2.25. The molecule has 0 radical (unpaired) electrons. The van der Waals surface area contributed by atoms with Crippen LogP contribution in [0, 0.1) is 0 Å². The van der Waals surface area contributed by atoms with Gasteiger partial charge in [-0.05, 0) is 30.1 Å². The van der Waals surface area contributed by atoms with E-state index in [4.69, 9.17) is 0 Å². The molecular weight excluding hydrogens is 300 g/mol. The molecule has 0 aromatic heterocycles. The molecule has 0 saturated heterocycles. The van der Waals surface area contributed by atoms with Crippen LogP contribution in [0.1, 0.15) is 27.1 Å². The maximum Gasteiger partial charge on any atom is 0.151 e. The summed E-state index contributed by atoms with van der Waals surface area (Å²) < 4.78 is 0. The number of thioether (sulfide) groups is 2. The van der Waals surface area contributed by atoms with Crippen molar-refractivity contribution >= 4 is 36.1 Å². The third-order valence-electron chi connectivity index (χ3n) is 2.90. The summed E-state index contributed by atoms with van der Waals surface area (Å²) in [5.74, 6) is 1.92. The van der Waals surface area contributed by atoms with Gasteiger partial charge < -0.3 is 0 Å². The SMILES string of the molecule is O=Cc1ccccc1SCCCSc1ccccc1C=O. The Balaban J connectivity index is 1.77. The number of hydrogen-bond acceptors (Lipinski definition) is 4. The molecule has 0 atom stereocenters. The van der Waals surface area contributed by atoms with Crippen LogP contribution in [0.2, 0.25) is 0 Å². The predicted molar refractivity (Wildman–Crippen MR) is 89.7 cm³/mol. The lowest BCUT2D eigenvalue weighted by Crippen LogP contribution is -1.90. The minimum atomic E-state index is 0.751. The molecule has 0 aliphatic heterocycles. The molecule has 0 saturated carbocycles. The third kappa shape index (κ3) is 4.76. The summed E-state index contributed by atoms with van der Waals surface area (Å²) in [4.78, 5) is 23.9. The van der Waals surface area contributed by atoms with Crippen LogP contribution >= 0.6 is 23.5 Å². The Bertz CT molecular complexity index is 558. The van der Waals surface area contributed by atoms with Gasteiger partial charge in [0.25, 0.3) is 0 Å². The highest BCUT2D eigenvalue weighted by atomic mass is 32.2. The van der Waals surface area contributed by atoms with E-state index in [2.05, 4.69) is 0 Å². The van der Waals surface area contributed by atoms with Gasteiger partial charge in [0.2, 0.25) is 0 Å². The number of aldehydes is 2. The van der Waals surface area contributed by atoms with Crippen molar-refractivity contribution in [2.45, 2.75) is 16.2 Å². The fraction of sp³-hybridized carbons (Fsp3) is 0.176. The van der Waals surface area contributed by atoms with Crippen LogP contribution < -0.4 is 0 Å². The Hall–Kier alpha value is -1.52. The van der Waals surface area contributed by atoms with Gasteiger partial charge in [0.1, 0.15) is 0 Å². The number of carbonyl (C=O) groups excluding carboxylic acids is 2. The second-order valence-electron chi connectivity index (χ2n) is 4.36. The van der Waals surface area contributed by atoms with Crippen molar-refractivity contribution in [2.75, 3.05) is 11.5 Å². The van der Waals surface area contributed by atoms with E-state index in [9.17, 15) is 9.59 Å². The third-order valence-corrected chi connectivity index (χ3v) is 5.25. The van der Waals surface area contributed by atoms with Gasteiger partial charge in [-0.25, -0.2) is 0 Å². The molecule has 4 heteroatoms. The Morgan fingerprint density at radius 1 is 0.714 bits per heavy atom. The molecular formula is C17H16O2S2. The van der Waals surface area contributed by atoms with Crippen molar-refractivity contribution < 1.29 is 9.59 Å². The van der Waals surface area contributed by atoms with Crippen molar-refractivity contribution in [3.05, 3.63) is 59.7 Å². The second kappa shape index (κ2) is 8.70. The lowest BCUT2D eigenvalue weighted by Gasteiger charge is -2.05. The highest BCUT2D eigenvalue weighted by Gasteiger charge is 2.03. The highest BCUT2D eigenvalue weighted by molar-refractivity contribution is 8.00. The van der Waals surface area contributed by atoms with Gasteiger partial charge >= 0.3 is 0 Å². The van der Waals surface area contributed by atoms with Crippen LogP contribution in [-0.2, 0) is 0 Å². The van der Waals surface area contributed by atoms with Gasteiger partial charge in [0.15, 0.2) is 12.6 Å². The molecule has 0 N–H and O–H groups in total. The molecule has 2 nitrogen and oxygen atoms in total. The second-order valence-corrected chi connectivity index (χ2v) is 6.64. The largest absolute Gasteiger partial charge is 0.298 e. The van der Waals surface area contributed by atoms with Crippen LogP contribution in [0.5, 0.6) is 0 Å². The fourth-order valence-corrected chi connectivity index (χ4v) is 3.96. The summed E-state index contributed by atoms with van der Waals surface area (Å²) in [6.45, 7) is 0. The smallest absolute Gasteiger partial charge is 0.151 e. The molecule has 0 amide bonds. The monoisotopic (exact) mass is 316 g/mol. The quantitative estimate of drug-likeness (QED) is 0.405. The van der Waals surface area contributed by atoms with E-state index in [0.717, 1.165) is 51.4 Å². The zero-order valence-corrected chi connectivity index (χ0v) is 13.2. The zero-order chi connectivity index (χ0) is 14.9. The summed E-state index contributed by atoms with van der Waals surface area (Å²) in [6.07, 6.45) is 2.82. The van der Waals surface area contributed by atoms with E-state index in [1.807, 2.05) is 48.5 Å². The minimum Gasteiger partial charge on any atom is -0.298 e. The number of benzene rings is 2. The predicted octanol–water partition coefficient (Wildman–Crippen LogP) is 4.59. The molecule has 0 fully saturated rings. The Morgan fingerprint density at radius 2 is 1.14 bits per heavy atom. The molecule has 2 aromatic carbocycles. The first-order valence-corrected chi connectivity index (χ1v) is 8.66. The van der Waals surface area contributed by atoms with Gasteiger partial charge in [-0.15, -0.1) is 23.5 Å². The summed E-state index contributed by atoms with van der Waals surface area (Å²) >= 11 is 3.41. The van der Waals surface area contributed by atoms with E-state index in [1.54, 1.807) is 23.5 Å². The van der Waals surface area contributed by atoms with Gasteiger partial charge in [-0.2, -0.15) is 0 Å². The minimum absolute atomic E-state index is 0.751. The first-order valence-electron chi connectivity index (χ1n) is 6.69. The van der Waals surface area contributed by atoms with Crippen LogP contribution in [0.4, 0.5) is 0 Å². The summed E-state index contributed by atoms with van der Waals surface area (Å²) in [7, 11) is 0. The first kappa shape index (κ1) is 15.9. The summed E-state index contributed by atoms with van der Waals surface area (Å²) in [6, 6.07) is 15.3. The fourth-order valence-electron chi connectivity index (χ4n) is 1.84. The van der Waals surface area contributed by atoms with E-state index >= 15 is 0 Å². The summed E-state index contributed by atoms with van der Waals surface area (Å²) in [5, 5.41) is 0. The van der Waals surface area contributed by atoms with Crippen molar-refractivity contribution in [1.29, 1.82) is 0 Å². The van der Waals surface area contributed by atoms with Crippen LogP contribution in [0.15, 0.2) is 58.3 Å². The summed E-state index contributed by atoms with van der Waals surface area (Å²) in [5.41, 5.74) is 1.50. The average Bonchev–Trinajstić information content (AvgIpc) is 2.55. The number of hydrogen-bond donors (Lipinski definition) is 0. The lowest BCUT2D eigenvalue weighted by atomic mass is 10.2. The molecule has 0 aliphatic carbocycles. The molecule has 2 aromatic rings. The molecule has 21 heavy (non-hydrogen) atoms. The van der Waals surface area contributed by atoms with E-state index in [0.29, 0.717) is 0 Å². The van der Waals surface area contributed by atoms with Crippen molar-refractivity contribution in [3.63, 3.8) is 0 Å². The Kier molecular flexibility index (Phi) is 6.57. The maximum atomic E-state index is 10.9. The van der Waals surface area contributed by atoms with Gasteiger partial charge in [-0.3, -0.25) is 9.59 Å². The number of rotatable bonds is 8. The molecule has 2 rings (SSSR count). The molecule has 108 valence electrons. The molecule has 0 unspecified atom stereocenters.